The van der Waals surface area contributed by atoms with Crippen LogP contribution in [0.25, 0.3) is 0 Å². The third-order valence-electron chi connectivity index (χ3n) is 3.04. The van der Waals surface area contributed by atoms with E-state index in [1.807, 2.05) is 6.92 Å². The zero-order valence-electron chi connectivity index (χ0n) is 17.4. The van der Waals surface area contributed by atoms with Crippen LogP contribution in [0.5, 0.6) is 0 Å². The molecule has 0 aliphatic carbocycles. The Balaban J connectivity index is 0. The third-order valence-corrected chi connectivity index (χ3v) is 3.04. The van der Waals surface area contributed by atoms with Crippen LogP contribution in [0.2, 0.25) is 0 Å². The molecule has 1 aliphatic heterocycles. The van der Waals surface area contributed by atoms with E-state index in [0.717, 1.165) is 17.1 Å². The molecule has 3 N–H and O–H groups in total. The first kappa shape index (κ1) is 28.8. The minimum absolute atomic E-state index is 0.107. The highest BCUT2D eigenvalue weighted by Crippen LogP contribution is 2.02. The lowest BCUT2D eigenvalue weighted by atomic mass is 10.4. The minimum atomic E-state index is -0.412. The van der Waals surface area contributed by atoms with Crippen molar-refractivity contribution in [1.29, 1.82) is 0 Å². The number of Topliss-reactive ketones (excluding diaryl/α,β-unsaturated/α-hetero) is 1. The Hall–Kier alpha value is -2.40. The molecule has 10 heteroatoms. The average Bonchev–Trinajstić information content (AvgIpc) is 2.98. The van der Waals surface area contributed by atoms with Crippen LogP contribution in [0, 0.1) is 0 Å². The minimum Gasteiger partial charge on any atom is -0.396 e. The molecule has 0 aromatic heterocycles. The van der Waals surface area contributed by atoms with E-state index in [0.29, 0.717) is 26.5 Å². The fourth-order valence-corrected chi connectivity index (χ4v) is 1.81. The highest BCUT2D eigenvalue weighted by Gasteiger charge is 2.23. The summed E-state index contributed by atoms with van der Waals surface area (Å²) in [5.41, 5.74) is 0. The molecular formula is C19H33N3O7. The number of nitrogens with one attached hydrogen (secondary N) is 2. The van der Waals surface area contributed by atoms with Gasteiger partial charge >= 0.3 is 0 Å². The topological polar surface area (TPSA) is 134 Å². The Morgan fingerprint density at radius 1 is 1.24 bits per heavy atom. The number of amides is 3. The van der Waals surface area contributed by atoms with Crippen LogP contribution >= 0.6 is 0 Å². The first-order valence-electron chi connectivity index (χ1n) is 9.15. The Kier molecular flexibility index (Phi) is 18.8. The Morgan fingerprint density at radius 3 is 2.31 bits per heavy atom. The normalized spacial score (nSPS) is 13.2. The van der Waals surface area contributed by atoms with Gasteiger partial charge in [-0.25, -0.2) is 0 Å². The second-order valence-corrected chi connectivity index (χ2v) is 5.49. The lowest BCUT2D eigenvalue weighted by molar-refractivity contribution is -0.140. The number of hydrogen-bond acceptors (Lipinski definition) is 8. The summed E-state index contributed by atoms with van der Waals surface area (Å²) in [6, 6.07) is 0. The number of carbonyl (C=O) groups excluding carboxylic acids is 4. The van der Waals surface area contributed by atoms with Gasteiger partial charge in [0.1, 0.15) is 12.0 Å². The van der Waals surface area contributed by atoms with Crippen LogP contribution < -0.4 is 10.6 Å². The molecule has 10 nitrogen and oxygen atoms in total. The summed E-state index contributed by atoms with van der Waals surface area (Å²) < 4.78 is 10.4. The molecule has 0 saturated heterocycles. The molecule has 3 amide bonds. The average molecular weight is 415 g/mol. The van der Waals surface area contributed by atoms with Gasteiger partial charge in [0.15, 0.2) is 0 Å². The van der Waals surface area contributed by atoms with E-state index >= 15 is 0 Å². The molecule has 1 unspecified atom stereocenters. The van der Waals surface area contributed by atoms with Gasteiger partial charge in [0, 0.05) is 31.7 Å². The fraction of sp³-hybridized carbons (Fsp3) is 0.579. The van der Waals surface area contributed by atoms with Crippen molar-refractivity contribution in [2.45, 2.75) is 33.4 Å². The molecule has 0 spiro atoms. The zero-order chi connectivity index (χ0) is 22.7. The maximum Gasteiger partial charge on any atom is 0.254 e. The number of ketones is 1. The maximum absolute atomic E-state index is 11.0. The summed E-state index contributed by atoms with van der Waals surface area (Å²) in [5.74, 6) is -1.23. The van der Waals surface area contributed by atoms with Crippen molar-refractivity contribution in [3.8, 4) is 0 Å². The van der Waals surface area contributed by atoms with Gasteiger partial charge in [0.05, 0.1) is 26.5 Å². The van der Waals surface area contributed by atoms with Crippen LogP contribution in [0.3, 0.4) is 0 Å². The first-order chi connectivity index (χ1) is 13.8. The molecule has 0 aromatic rings. The quantitative estimate of drug-likeness (QED) is 0.172. The molecule has 0 bridgehead atoms. The summed E-state index contributed by atoms with van der Waals surface area (Å²) in [6.45, 7) is 13.1. The van der Waals surface area contributed by atoms with E-state index in [2.05, 4.69) is 23.8 Å². The van der Waals surface area contributed by atoms with Crippen molar-refractivity contribution in [3.63, 3.8) is 0 Å². The van der Waals surface area contributed by atoms with E-state index in [1.165, 1.54) is 6.92 Å². The Morgan fingerprint density at radius 2 is 1.83 bits per heavy atom. The number of aliphatic hydroxyl groups is 1. The van der Waals surface area contributed by atoms with E-state index in [9.17, 15) is 19.2 Å². The molecule has 29 heavy (non-hydrogen) atoms. The predicted octanol–water partition coefficient (Wildman–Crippen LogP) is -0.266. The zero-order valence-corrected chi connectivity index (χ0v) is 17.4. The molecule has 1 heterocycles. The van der Waals surface area contributed by atoms with Gasteiger partial charge in [-0.3, -0.25) is 29.4 Å². The van der Waals surface area contributed by atoms with Crippen molar-refractivity contribution in [2.75, 3.05) is 39.6 Å². The summed E-state index contributed by atoms with van der Waals surface area (Å²) in [6.07, 6.45) is 2.08. The van der Waals surface area contributed by atoms with Gasteiger partial charge in [0.2, 0.25) is 5.91 Å². The van der Waals surface area contributed by atoms with Crippen molar-refractivity contribution in [2.24, 2.45) is 0 Å². The molecule has 0 radical (unpaired) electrons. The van der Waals surface area contributed by atoms with Crippen LogP contribution in [-0.4, -0.2) is 79.4 Å². The number of carbonyl (C=O) groups is 4. The van der Waals surface area contributed by atoms with Gasteiger partial charge < -0.3 is 19.9 Å². The number of hydrogen-bond donors (Lipinski definition) is 3. The van der Waals surface area contributed by atoms with Crippen LogP contribution in [0.15, 0.2) is 25.3 Å². The second-order valence-electron chi connectivity index (χ2n) is 5.49. The smallest absolute Gasteiger partial charge is 0.254 e. The van der Waals surface area contributed by atoms with Crippen molar-refractivity contribution < 1.29 is 33.8 Å². The lowest BCUT2D eigenvalue weighted by Gasteiger charge is -2.14. The van der Waals surface area contributed by atoms with E-state index in [1.54, 1.807) is 6.92 Å². The predicted molar refractivity (Wildman–Crippen MR) is 108 cm³/mol. The standard InChI is InChI=1S/C10H22N2O4.C7H7NO3.C2H4/c1-3-15-8-11-5-7-16-9(2)12-10(14)4-6-13;1-5(9)4-8-6(10)2-3-7(8)11;1-2/h9,11,13H,3-8H2,1-2H3,(H,12,14);2-3H,4H2,1H3;1-2H2. The summed E-state index contributed by atoms with van der Waals surface area (Å²) in [7, 11) is 0. The number of aliphatic hydroxyl groups excluding tert-OH is 1. The molecular weight excluding hydrogens is 382 g/mol. The van der Waals surface area contributed by atoms with E-state index in [4.69, 9.17) is 14.6 Å². The monoisotopic (exact) mass is 415 g/mol. The van der Waals surface area contributed by atoms with Crippen LogP contribution in [0.4, 0.5) is 0 Å². The highest BCUT2D eigenvalue weighted by atomic mass is 16.5. The molecule has 166 valence electrons. The van der Waals surface area contributed by atoms with Crippen molar-refractivity contribution >= 4 is 23.5 Å². The summed E-state index contributed by atoms with van der Waals surface area (Å²) in [4.78, 5) is 44.0. The largest absolute Gasteiger partial charge is 0.396 e. The molecule has 1 rings (SSSR count). The number of imide groups is 1. The maximum atomic E-state index is 11.0. The molecule has 1 aliphatic rings. The molecule has 1 atom stereocenters. The van der Waals surface area contributed by atoms with Gasteiger partial charge in [-0.05, 0) is 20.8 Å². The second kappa shape index (κ2) is 18.9. The lowest BCUT2D eigenvalue weighted by Crippen LogP contribution is -2.36. The number of rotatable bonds is 12. The molecule has 0 aromatic carbocycles. The highest BCUT2D eigenvalue weighted by molar-refractivity contribution is 6.14. The molecule has 0 fully saturated rings. The van der Waals surface area contributed by atoms with Gasteiger partial charge in [0.25, 0.3) is 11.8 Å². The Labute approximate surface area is 171 Å². The number of nitrogens with zero attached hydrogens (tertiary/aromatic N) is 1. The van der Waals surface area contributed by atoms with Crippen molar-refractivity contribution in [3.05, 3.63) is 25.3 Å². The summed E-state index contributed by atoms with van der Waals surface area (Å²) in [5, 5.41) is 14.1. The SMILES string of the molecule is C=C.CC(=O)CN1C(=O)C=CC1=O.CCOCNCCOC(C)NC(=O)CCO. The first-order valence-corrected chi connectivity index (χ1v) is 9.15. The fourth-order valence-electron chi connectivity index (χ4n) is 1.81. The third kappa shape index (κ3) is 16.3. The van der Waals surface area contributed by atoms with Crippen LogP contribution in [-0.2, 0) is 28.7 Å². The molecule has 0 saturated carbocycles. The Bertz CT molecular complexity index is 520. The van der Waals surface area contributed by atoms with Gasteiger partial charge in [-0.15, -0.1) is 13.2 Å². The number of ether oxygens (including phenoxy) is 2. The summed E-state index contributed by atoms with van der Waals surface area (Å²) >= 11 is 0. The van der Waals surface area contributed by atoms with E-state index in [-0.39, 0.29) is 37.5 Å². The van der Waals surface area contributed by atoms with Gasteiger partial charge in [-0.1, -0.05) is 0 Å². The van der Waals surface area contributed by atoms with Crippen molar-refractivity contribution in [1.82, 2.24) is 15.5 Å². The van der Waals surface area contributed by atoms with Crippen LogP contribution in [0.1, 0.15) is 27.2 Å². The van der Waals surface area contributed by atoms with E-state index < -0.39 is 11.8 Å². The van der Waals surface area contributed by atoms with Gasteiger partial charge in [-0.2, -0.15) is 0 Å².